The molecule has 3 aromatic rings. The van der Waals surface area contributed by atoms with Crippen molar-refractivity contribution in [1.82, 2.24) is 0 Å². The first-order valence-corrected chi connectivity index (χ1v) is 10.5. The molecule has 0 aliphatic carbocycles. The highest BCUT2D eigenvalue weighted by Gasteiger charge is 2.18. The average Bonchev–Trinajstić information content (AvgIpc) is 2.70. The molecule has 0 fully saturated rings. The lowest BCUT2D eigenvalue weighted by atomic mass is 10.2. The summed E-state index contributed by atoms with van der Waals surface area (Å²) in [5, 5.41) is 13.7. The Morgan fingerprint density at radius 3 is 2.23 bits per heavy atom. The molecule has 2 N–H and O–H groups in total. The number of para-hydroxylation sites is 1. The van der Waals surface area contributed by atoms with Crippen molar-refractivity contribution in [3.8, 4) is 0 Å². The minimum Gasteiger partial charge on any atom is -0.322 e. The Hall–Kier alpha value is -3.14. The van der Waals surface area contributed by atoms with E-state index < -0.39 is 26.5 Å². The predicted octanol–water partition coefficient (Wildman–Crippen LogP) is 4.95. The molecule has 0 saturated heterocycles. The van der Waals surface area contributed by atoms with E-state index >= 15 is 0 Å². The van der Waals surface area contributed by atoms with Crippen LogP contribution in [0.15, 0.2) is 71.6 Å². The fraction of sp³-hybridized carbons (Fsp3) is 0. The van der Waals surface area contributed by atoms with Crippen LogP contribution in [0.25, 0.3) is 0 Å². The van der Waals surface area contributed by atoms with Gasteiger partial charge in [-0.05, 0) is 48.5 Å². The van der Waals surface area contributed by atoms with E-state index in [9.17, 15) is 23.3 Å². The van der Waals surface area contributed by atoms with E-state index in [0.29, 0.717) is 5.69 Å². The first-order valence-electron chi connectivity index (χ1n) is 8.30. The lowest BCUT2D eigenvalue weighted by molar-refractivity contribution is -0.384. The first-order chi connectivity index (χ1) is 14.2. The van der Waals surface area contributed by atoms with E-state index in [1.807, 2.05) is 0 Å². The molecule has 30 heavy (non-hydrogen) atoms. The van der Waals surface area contributed by atoms with Gasteiger partial charge in [-0.2, -0.15) is 0 Å². The van der Waals surface area contributed by atoms with E-state index in [-0.39, 0.29) is 26.2 Å². The van der Waals surface area contributed by atoms with Gasteiger partial charge in [0.15, 0.2) is 0 Å². The number of sulfonamides is 1. The first kappa shape index (κ1) is 21.6. The minimum atomic E-state index is -3.89. The van der Waals surface area contributed by atoms with Crippen LogP contribution in [0.4, 0.5) is 17.1 Å². The molecule has 0 atom stereocenters. The van der Waals surface area contributed by atoms with Crippen LogP contribution in [0.1, 0.15) is 10.4 Å². The van der Waals surface area contributed by atoms with E-state index in [0.717, 1.165) is 6.07 Å². The van der Waals surface area contributed by atoms with Crippen LogP contribution in [0, 0.1) is 10.1 Å². The number of hydrogen-bond donors (Lipinski definition) is 2. The molecule has 0 bridgehead atoms. The smallest absolute Gasteiger partial charge is 0.288 e. The predicted molar refractivity (Wildman–Crippen MR) is 115 cm³/mol. The van der Waals surface area contributed by atoms with Crippen LogP contribution >= 0.6 is 23.2 Å². The number of rotatable bonds is 6. The molecule has 154 valence electrons. The lowest BCUT2D eigenvalue weighted by Gasteiger charge is -2.10. The van der Waals surface area contributed by atoms with Gasteiger partial charge in [0.25, 0.3) is 21.6 Å². The Morgan fingerprint density at radius 2 is 1.60 bits per heavy atom. The minimum absolute atomic E-state index is 0.0307. The van der Waals surface area contributed by atoms with Crippen LogP contribution in [0.2, 0.25) is 10.0 Å². The zero-order valence-electron chi connectivity index (χ0n) is 15.0. The molecule has 1 amide bonds. The number of halogens is 2. The van der Waals surface area contributed by atoms with E-state index in [1.165, 1.54) is 42.5 Å². The molecule has 0 unspecified atom stereocenters. The Labute approximate surface area is 181 Å². The van der Waals surface area contributed by atoms with Crippen molar-refractivity contribution in [2.45, 2.75) is 4.90 Å². The number of carbonyl (C=O) groups excluding carboxylic acids is 1. The van der Waals surface area contributed by atoms with Crippen LogP contribution < -0.4 is 10.0 Å². The fourth-order valence-corrected chi connectivity index (χ4v) is 3.97. The number of carbonyl (C=O) groups is 1. The topological polar surface area (TPSA) is 118 Å². The standard InChI is InChI=1S/C19H13Cl2N3O5S/c20-15-3-1-2-4-17(15)23-30(28,29)14-8-6-13(7-9-14)22-19(25)12-5-10-16(21)18(11-12)24(26)27/h1-11,23H,(H,22,25). The number of nitrogens with zero attached hydrogens (tertiary/aromatic N) is 1. The number of amides is 1. The lowest BCUT2D eigenvalue weighted by Crippen LogP contribution is -2.14. The fourth-order valence-electron chi connectivity index (χ4n) is 2.46. The van der Waals surface area contributed by atoms with Gasteiger partial charge in [0.2, 0.25) is 0 Å². The number of nitro benzene ring substituents is 1. The number of nitro groups is 1. The van der Waals surface area contributed by atoms with Gasteiger partial charge in [-0.15, -0.1) is 0 Å². The number of benzene rings is 3. The molecule has 0 radical (unpaired) electrons. The van der Waals surface area contributed by atoms with Crippen LogP contribution in [-0.4, -0.2) is 19.2 Å². The summed E-state index contributed by atoms with van der Waals surface area (Å²) in [4.78, 5) is 22.6. The maximum Gasteiger partial charge on any atom is 0.288 e. The van der Waals surface area contributed by atoms with Gasteiger partial charge in [-0.3, -0.25) is 19.6 Å². The summed E-state index contributed by atoms with van der Waals surface area (Å²) in [6, 6.07) is 15.5. The van der Waals surface area contributed by atoms with E-state index in [4.69, 9.17) is 23.2 Å². The van der Waals surface area contributed by atoms with Gasteiger partial charge in [0.05, 0.1) is 20.5 Å². The van der Waals surface area contributed by atoms with Gasteiger partial charge in [-0.1, -0.05) is 35.3 Å². The maximum atomic E-state index is 12.5. The highest BCUT2D eigenvalue weighted by atomic mass is 35.5. The van der Waals surface area contributed by atoms with Crippen molar-refractivity contribution >= 4 is 56.2 Å². The van der Waals surface area contributed by atoms with Gasteiger partial charge >= 0.3 is 0 Å². The van der Waals surface area contributed by atoms with Gasteiger partial charge in [-0.25, -0.2) is 8.42 Å². The normalized spacial score (nSPS) is 11.0. The average molecular weight is 466 g/mol. The third-order valence-corrected chi connectivity index (χ3v) is 5.98. The monoisotopic (exact) mass is 465 g/mol. The van der Waals surface area contributed by atoms with Gasteiger partial charge in [0.1, 0.15) is 5.02 Å². The summed E-state index contributed by atoms with van der Waals surface area (Å²) in [6.07, 6.45) is 0. The second kappa shape index (κ2) is 8.70. The Kier molecular flexibility index (Phi) is 6.25. The summed E-state index contributed by atoms with van der Waals surface area (Å²) in [6.45, 7) is 0. The van der Waals surface area contributed by atoms with Crippen molar-refractivity contribution in [3.63, 3.8) is 0 Å². The molecule has 0 aliphatic rings. The molecule has 11 heteroatoms. The number of anilines is 2. The summed E-state index contributed by atoms with van der Waals surface area (Å²) < 4.78 is 27.4. The molecule has 0 spiro atoms. The van der Waals surface area contributed by atoms with Crippen molar-refractivity contribution in [2.75, 3.05) is 10.0 Å². The third kappa shape index (κ3) is 4.88. The molecule has 8 nitrogen and oxygen atoms in total. The van der Waals surface area contributed by atoms with E-state index in [2.05, 4.69) is 10.0 Å². The Balaban J connectivity index is 1.76. The summed E-state index contributed by atoms with van der Waals surface area (Å²) in [5.74, 6) is -0.612. The summed E-state index contributed by atoms with van der Waals surface area (Å²) in [5.41, 5.74) is 0.176. The van der Waals surface area contributed by atoms with Crippen molar-refractivity contribution in [1.29, 1.82) is 0 Å². The van der Waals surface area contributed by atoms with Crippen molar-refractivity contribution < 1.29 is 18.1 Å². The van der Waals surface area contributed by atoms with Crippen LogP contribution in [0.5, 0.6) is 0 Å². The number of hydrogen-bond acceptors (Lipinski definition) is 5. The second-order valence-corrected chi connectivity index (χ2v) is 8.48. The molecular formula is C19H13Cl2N3O5S. The van der Waals surface area contributed by atoms with Crippen LogP contribution in [-0.2, 0) is 10.0 Å². The molecule has 0 heterocycles. The second-order valence-electron chi connectivity index (χ2n) is 5.99. The highest BCUT2D eigenvalue weighted by molar-refractivity contribution is 7.92. The molecule has 3 aromatic carbocycles. The largest absolute Gasteiger partial charge is 0.322 e. The Morgan fingerprint density at radius 1 is 0.933 bits per heavy atom. The molecule has 3 rings (SSSR count). The molecular weight excluding hydrogens is 453 g/mol. The number of nitrogens with one attached hydrogen (secondary N) is 2. The van der Waals surface area contributed by atoms with Gasteiger partial charge < -0.3 is 5.32 Å². The highest BCUT2D eigenvalue weighted by Crippen LogP contribution is 2.26. The van der Waals surface area contributed by atoms with Crippen molar-refractivity contribution in [2.24, 2.45) is 0 Å². The maximum absolute atomic E-state index is 12.5. The van der Waals surface area contributed by atoms with Crippen molar-refractivity contribution in [3.05, 3.63) is 92.5 Å². The molecule has 0 aromatic heterocycles. The Bertz CT molecular complexity index is 1230. The quantitative estimate of drug-likeness (QED) is 0.394. The molecule has 0 saturated carbocycles. The van der Waals surface area contributed by atoms with Crippen LogP contribution in [0.3, 0.4) is 0 Å². The zero-order chi connectivity index (χ0) is 21.9. The SMILES string of the molecule is O=C(Nc1ccc(S(=O)(=O)Nc2ccccc2Cl)cc1)c1ccc(Cl)c([N+](=O)[O-])c1. The summed E-state index contributed by atoms with van der Waals surface area (Å²) in [7, 11) is -3.89. The van der Waals surface area contributed by atoms with Gasteiger partial charge in [0, 0.05) is 17.3 Å². The molecule has 0 aliphatic heterocycles. The zero-order valence-corrected chi connectivity index (χ0v) is 17.3. The third-order valence-electron chi connectivity index (χ3n) is 3.95. The van der Waals surface area contributed by atoms with E-state index in [1.54, 1.807) is 18.2 Å². The summed E-state index contributed by atoms with van der Waals surface area (Å²) >= 11 is 11.7.